The first kappa shape index (κ1) is 30.3. The predicted octanol–water partition coefficient (Wildman–Crippen LogP) is 7.45. The van der Waals surface area contributed by atoms with E-state index in [1.165, 1.54) is 0 Å². The van der Waals surface area contributed by atoms with Gasteiger partial charge in [0, 0.05) is 24.5 Å². The molecule has 1 unspecified atom stereocenters. The summed E-state index contributed by atoms with van der Waals surface area (Å²) in [5, 5.41) is 10.6. The van der Waals surface area contributed by atoms with Crippen LogP contribution in [0.15, 0.2) is 115 Å². The number of benzene rings is 3. The van der Waals surface area contributed by atoms with Crippen molar-refractivity contribution in [1.29, 1.82) is 0 Å². The van der Waals surface area contributed by atoms with E-state index >= 15 is 0 Å². The lowest BCUT2D eigenvalue weighted by Crippen LogP contribution is -2.09. The number of hydrogen-bond donors (Lipinski definition) is 1. The highest BCUT2D eigenvalue weighted by molar-refractivity contribution is 5.90. The van der Waals surface area contributed by atoms with Gasteiger partial charge in [-0.3, -0.25) is 0 Å². The minimum Gasteiger partial charge on any atom is -0.494 e. The van der Waals surface area contributed by atoms with Crippen LogP contribution in [0.4, 0.5) is 0 Å². The largest absolute Gasteiger partial charge is 0.494 e. The zero-order chi connectivity index (χ0) is 29.6. The average molecular weight is 569 g/mol. The molecule has 4 rings (SSSR count). The van der Waals surface area contributed by atoms with E-state index < -0.39 is 18.2 Å². The molecule has 0 aliphatic heterocycles. The Balaban J connectivity index is 1.17. The molecule has 0 saturated carbocycles. The predicted molar refractivity (Wildman–Crippen MR) is 160 cm³/mol. The number of rotatable bonds is 15. The fourth-order valence-corrected chi connectivity index (χ4v) is 4.31. The number of allylic oxidation sites excluding steroid dienone is 4. The van der Waals surface area contributed by atoms with Gasteiger partial charge in [0.25, 0.3) is 0 Å². The van der Waals surface area contributed by atoms with Crippen LogP contribution in [0.3, 0.4) is 0 Å². The lowest BCUT2D eigenvalue weighted by atomic mass is 10.0. The zero-order valence-corrected chi connectivity index (χ0v) is 23.6. The topological polar surface area (TPSA) is 91.3 Å². The Labute approximate surface area is 246 Å². The van der Waals surface area contributed by atoms with E-state index in [1.54, 1.807) is 36.4 Å². The Morgan fingerprint density at radius 3 is 2.10 bits per heavy atom. The molecule has 3 aromatic rings. The molecule has 3 aromatic carbocycles. The van der Waals surface area contributed by atoms with Crippen LogP contribution < -0.4 is 4.74 Å². The molecule has 1 aliphatic carbocycles. The van der Waals surface area contributed by atoms with E-state index in [4.69, 9.17) is 18.9 Å². The van der Waals surface area contributed by atoms with Crippen LogP contribution in [0.25, 0.3) is 11.1 Å². The first-order valence-electron chi connectivity index (χ1n) is 14.2. The molecule has 0 amide bonds. The van der Waals surface area contributed by atoms with E-state index in [9.17, 15) is 14.7 Å². The number of ether oxygens (including phenoxy) is 4. The lowest BCUT2D eigenvalue weighted by Gasteiger charge is -2.19. The minimum absolute atomic E-state index is 0.393. The second-order valence-electron chi connectivity index (χ2n) is 9.77. The average Bonchev–Trinajstić information content (AvgIpc) is 3.03. The van der Waals surface area contributed by atoms with Crippen molar-refractivity contribution in [1.82, 2.24) is 0 Å². The lowest BCUT2D eigenvalue weighted by molar-refractivity contribution is -0.137. The first-order valence-corrected chi connectivity index (χ1v) is 14.2. The second-order valence-corrected chi connectivity index (χ2v) is 9.77. The second kappa shape index (κ2) is 16.0. The van der Waals surface area contributed by atoms with Crippen molar-refractivity contribution in [2.45, 2.75) is 44.8 Å². The summed E-state index contributed by atoms with van der Waals surface area (Å²) in [6, 6.07) is 24.5. The van der Waals surface area contributed by atoms with E-state index in [1.807, 2.05) is 54.6 Å². The number of carbonyl (C=O) groups excluding carboxylic acids is 2. The Morgan fingerprint density at radius 1 is 0.786 bits per heavy atom. The normalized spacial score (nSPS) is 13.3. The van der Waals surface area contributed by atoms with Crippen LogP contribution in [0.5, 0.6) is 5.75 Å². The van der Waals surface area contributed by atoms with Crippen molar-refractivity contribution >= 4 is 11.9 Å². The van der Waals surface area contributed by atoms with Gasteiger partial charge in [0.2, 0.25) is 6.29 Å². The van der Waals surface area contributed by atoms with Crippen LogP contribution in [0.2, 0.25) is 0 Å². The summed E-state index contributed by atoms with van der Waals surface area (Å²) >= 11 is 0. The van der Waals surface area contributed by atoms with Crippen molar-refractivity contribution < 1.29 is 33.6 Å². The molecule has 0 fully saturated rings. The first-order chi connectivity index (χ1) is 20.5. The molecular formula is C35H36O7. The molecular weight excluding hydrogens is 532 g/mol. The third kappa shape index (κ3) is 9.49. The summed E-state index contributed by atoms with van der Waals surface area (Å²) in [5.74, 6) is 0.999. The molecule has 0 aromatic heterocycles. The summed E-state index contributed by atoms with van der Waals surface area (Å²) in [4.78, 5) is 23.6. The van der Waals surface area contributed by atoms with Gasteiger partial charge in [0.15, 0.2) is 0 Å². The van der Waals surface area contributed by atoms with Crippen molar-refractivity contribution in [2.75, 3.05) is 13.2 Å². The monoisotopic (exact) mass is 568 g/mol. The molecule has 7 nitrogen and oxygen atoms in total. The Bertz CT molecular complexity index is 1370. The smallest absolute Gasteiger partial charge is 0.343 e. The van der Waals surface area contributed by atoms with Gasteiger partial charge in [0.1, 0.15) is 17.3 Å². The Kier molecular flexibility index (Phi) is 11.5. The van der Waals surface area contributed by atoms with Gasteiger partial charge in [-0.1, -0.05) is 61.2 Å². The number of aliphatic hydroxyl groups excluding tert-OH is 1. The number of unbranched alkanes of at least 4 members (excludes halogenated alkanes) is 3. The fourth-order valence-electron chi connectivity index (χ4n) is 4.31. The SMILES string of the molecule is C=CC(=O)OCCCCCCOc1ccc(C(=O)OC2=CC=C(OC(O)c3ccc(-c4ccccc4)cc3)CC2)cc1. The molecule has 218 valence electrons. The van der Waals surface area contributed by atoms with Crippen LogP contribution >= 0.6 is 0 Å². The highest BCUT2D eigenvalue weighted by Crippen LogP contribution is 2.28. The van der Waals surface area contributed by atoms with Crippen molar-refractivity contribution in [3.8, 4) is 16.9 Å². The molecule has 0 radical (unpaired) electrons. The third-order valence-corrected chi connectivity index (χ3v) is 6.67. The maximum absolute atomic E-state index is 12.6. The molecule has 0 bridgehead atoms. The standard InChI is InChI=1S/C35H36O7/c1-2-33(36)40-25-9-4-3-8-24-39-30-18-16-29(17-19-30)35(38)42-32-22-20-31(21-23-32)41-34(37)28-14-12-27(13-15-28)26-10-6-5-7-11-26/h2,5-7,10-20,22,34,37H,1,3-4,8-9,21,23-25H2. The third-order valence-electron chi connectivity index (χ3n) is 6.67. The van der Waals surface area contributed by atoms with E-state index in [-0.39, 0.29) is 0 Å². The molecule has 7 heteroatoms. The quantitative estimate of drug-likeness (QED) is 0.0881. The summed E-state index contributed by atoms with van der Waals surface area (Å²) < 4.78 is 22.0. The summed E-state index contributed by atoms with van der Waals surface area (Å²) in [6.45, 7) is 4.33. The summed E-state index contributed by atoms with van der Waals surface area (Å²) in [7, 11) is 0. The van der Waals surface area contributed by atoms with Gasteiger partial charge in [0.05, 0.1) is 18.8 Å². The maximum atomic E-state index is 12.6. The van der Waals surface area contributed by atoms with Crippen molar-refractivity contribution in [3.63, 3.8) is 0 Å². The molecule has 0 saturated heterocycles. The van der Waals surface area contributed by atoms with Gasteiger partial charge >= 0.3 is 11.9 Å². The molecule has 0 heterocycles. The van der Waals surface area contributed by atoms with Crippen molar-refractivity contribution in [2.24, 2.45) is 0 Å². The minimum atomic E-state index is -1.09. The number of esters is 2. The summed E-state index contributed by atoms with van der Waals surface area (Å²) in [5.41, 5.74) is 3.26. The number of aliphatic hydroxyl groups is 1. The number of carbonyl (C=O) groups is 2. The van der Waals surface area contributed by atoms with E-state index in [2.05, 4.69) is 6.58 Å². The van der Waals surface area contributed by atoms with Gasteiger partial charge in [-0.2, -0.15) is 0 Å². The Hall–Kier alpha value is -4.62. The van der Waals surface area contributed by atoms with Gasteiger partial charge in [-0.25, -0.2) is 9.59 Å². The van der Waals surface area contributed by atoms with Crippen LogP contribution in [0, 0.1) is 0 Å². The van der Waals surface area contributed by atoms with Gasteiger partial charge < -0.3 is 24.1 Å². The molecule has 1 N–H and O–H groups in total. The maximum Gasteiger partial charge on any atom is 0.343 e. The number of hydrogen-bond acceptors (Lipinski definition) is 7. The molecule has 0 spiro atoms. The molecule has 42 heavy (non-hydrogen) atoms. The van der Waals surface area contributed by atoms with E-state index in [0.29, 0.717) is 54.5 Å². The molecule has 1 aliphatic rings. The van der Waals surface area contributed by atoms with Gasteiger partial charge in [-0.15, -0.1) is 0 Å². The molecule has 1 atom stereocenters. The highest BCUT2D eigenvalue weighted by atomic mass is 16.6. The van der Waals surface area contributed by atoms with Gasteiger partial charge in [-0.05, 0) is 73.2 Å². The Morgan fingerprint density at radius 2 is 1.43 bits per heavy atom. The fraction of sp³-hybridized carbons (Fsp3) is 0.257. The van der Waals surface area contributed by atoms with Crippen LogP contribution in [-0.2, 0) is 19.0 Å². The van der Waals surface area contributed by atoms with Crippen LogP contribution in [0.1, 0.15) is 60.7 Å². The highest BCUT2D eigenvalue weighted by Gasteiger charge is 2.17. The van der Waals surface area contributed by atoms with E-state index in [0.717, 1.165) is 42.9 Å². The summed E-state index contributed by atoms with van der Waals surface area (Å²) in [6.07, 6.45) is 8.08. The van der Waals surface area contributed by atoms with Crippen molar-refractivity contribution in [3.05, 3.63) is 126 Å². The van der Waals surface area contributed by atoms with Crippen LogP contribution in [-0.4, -0.2) is 30.3 Å². The zero-order valence-electron chi connectivity index (χ0n) is 23.6.